The van der Waals surface area contributed by atoms with Crippen LogP contribution < -0.4 is 4.89 Å². The largest absolute Gasteiger partial charge is 0.756 e. The van der Waals surface area contributed by atoms with Crippen molar-refractivity contribution in [1.82, 2.24) is 0 Å². The number of quaternary nitrogens is 1. The van der Waals surface area contributed by atoms with E-state index in [1.54, 1.807) is 12.2 Å². The number of carbonyl (C=O) groups is 2. The highest BCUT2D eigenvalue weighted by Gasteiger charge is 2.22. The Morgan fingerprint density at radius 1 is 0.594 bits per heavy atom. The highest BCUT2D eigenvalue weighted by molar-refractivity contribution is 7.45. The number of carbonyl (C=O) groups excluding carboxylic acids is 2. The maximum absolute atomic E-state index is 12.7. The van der Waals surface area contributed by atoms with E-state index in [-0.39, 0.29) is 25.9 Å². The number of aliphatic hydroxyl groups is 1. The van der Waals surface area contributed by atoms with Crippen LogP contribution >= 0.6 is 7.82 Å². The summed E-state index contributed by atoms with van der Waals surface area (Å²) >= 11 is 0. The van der Waals surface area contributed by atoms with Gasteiger partial charge in [0.2, 0.25) is 0 Å². The average Bonchev–Trinajstić information content (AvgIpc) is 3.25. The van der Waals surface area contributed by atoms with Gasteiger partial charge in [-0.05, 0) is 83.5 Å². The summed E-state index contributed by atoms with van der Waals surface area (Å²) < 4.78 is 33.8. The molecular weight excluding hydrogens is 826 g/mol. The molecule has 0 aromatic carbocycles. The Kier molecular flexibility index (Phi) is 41.2. The molecule has 3 atom stereocenters. The lowest BCUT2D eigenvalue weighted by Gasteiger charge is -2.28. The molecule has 0 aliphatic rings. The molecule has 11 heteroatoms. The van der Waals surface area contributed by atoms with E-state index in [4.69, 9.17) is 18.5 Å². The zero-order valence-corrected chi connectivity index (χ0v) is 41.4. The summed E-state index contributed by atoms with van der Waals surface area (Å²) in [5, 5.41) is 10.3. The molecule has 0 saturated heterocycles. The van der Waals surface area contributed by atoms with E-state index in [1.807, 2.05) is 33.3 Å². The summed E-state index contributed by atoms with van der Waals surface area (Å²) in [5.41, 5.74) is 0. The molecule has 0 heterocycles. The Balaban J connectivity index is 4.57. The standard InChI is InChI=1S/C53H88NO9P/c1-6-8-10-12-14-16-18-20-22-24-25-26-27-29-31-33-35-37-39-41-43-53(57)63-51(49-62-64(58,59)61-47-46-54(3,4)5)48-60-52(56)45-44-50(55)42-40-38-36-34-32-30-28-23-21-19-17-15-13-11-9-7-2/h9,11,15-18,21-24,26-27,30,32,36,38,40,42,50-51,55H,6-8,10,12-14,19-20,25,28-29,31,33-35,37,39,41,43-49H2,1-5H3/b11-9-,17-15-,18-16-,23-21-,24-22-,27-26-,32-30-,38-36-,42-40-/t50?,51-/m1/s1. The van der Waals surface area contributed by atoms with Gasteiger partial charge in [-0.3, -0.25) is 14.2 Å². The van der Waals surface area contributed by atoms with Gasteiger partial charge in [-0.1, -0.05) is 168 Å². The van der Waals surface area contributed by atoms with Crippen molar-refractivity contribution in [3.8, 4) is 0 Å². The lowest BCUT2D eigenvalue weighted by molar-refractivity contribution is -0.870. The zero-order valence-electron chi connectivity index (χ0n) is 40.5. The van der Waals surface area contributed by atoms with Crippen LogP contribution in [0.25, 0.3) is 0 Å². The molecule has 0 aliphatic carbocycles. The number of esters is 2. The number of rotatable bonds is 42. The smallest absolute Gasteiger partial charge is 0.306 e. The Morgan fingerprint density at radius 2 is 1.09 bits per heavy atom. The van der Waals surface area contributed by atoms with Gasteiger partial charge in [-0.25, -0.2) is 0 Å². The van der Waals surface area contributed by atoms with Gasteiger partial charge >= 0.3 is 11.9 Å². The first-order valence-electron chi connectivity index (χ1n) is 24.2. The first kappa shape index (κ1) is 60.6. The van der Waals surface area contributed by atoms with E-state index in [1.165, 1.54) is 32.1 Å². The predicted molar refractivity (Wildman–Crippen MR) is 264 cm³/mol. The predicted octanol–water partition coefficient (Wildman–Crippen LogP) is 12.6. The van der Waals surface area contributed by atoms with Crippen molar-refractivity contribution < 1.29 is 47.2 Å². The van der Waals surface area contributed by atoms with Gasteiger partial charge in [0.25, 0.3) is 7.82 Å². The van der Waals surface area contributed by atoms with Crippen LogP contribution in [0.3, 0.4) is 0 Å². The van der Waals surface area contributed by atoms with Crippen molar-refractivity contribution in [2.45, 2.75) is 167 Å². The molecule has 0 fully saturated rings. The number of nitrogens with zero attached hydrogens (tertiary/aromatic N) is 1. The van der Waals surface area contributed by atoms with Gasteiger partial charge in [-0.15, -0.1) is 0 Å². The third-order valence-electron chi connectivity index (χ3n) is 9.64. The fourth-order valence-electron chi connectivity index (χ4n) is 5.83. The van der Waals surface area contributed by atoms with E-state index in [0.717, 1.165) is 83.5 Å². The van der Waals surface area contributed by atoms with Crippen molar-refractivity contribution in [3.63, 3.8) is 0 Å². The molecule has 0 radical (unpaired) electrons. The monoisotopic (exact) mass is 914 g/mol. The second kappa shape index (κ2) is 43.5. The number of unbranched alkanes of at least 4 members (excludes halogenated alkanes) is 10. The zero-order chi connectivity index (χ0) is 47.3. The second-order valence-corrected chi connectivity index (χ2v) is 18.3. The first-order chi connectivity index (χ1) is 30.9. The summed E-state index contributed by atoms with van der Waals surface area (Å²) in [7, 11) is 1.01. The summed E-state index contributed by atoms with van der Waals surface area (Å²) in [5.74, 6) is -1.14. The molecule has 0 spiro atoms. The molecule has 10 nitrogen and oxygen atoms in total. The minimum Gasteiger partial charge on any atom is -0.756 e. The maximum atomic E-state index is 12.7. The molecule has 0 rings (SSSR count). The number of aliphatic hydroxyl groups excluding tert-OH is 1. The second-order valence-electron chi connectivity index (χ2n) is 16.9. The van der Waals surface area contributed by atoms with E-state index < -0.39 is 45.2 Å². The van der Waals surface area contributed by atoms with Crippen molar-refractivity contribution in [2.75, 3.05) is 47.5 Å². The van der Waals surface area contributed by atoms with Gasteiger partial charge < -0.3 is 33.0 Å². The highest BCUT2D eigenvalue weighted by Crippen LogP contribution is 2.38. The topological polar surface area (TPSA) is 131 Å². The van der Waals surface area contributed by atoms with Crippen LogP contribution in [0.5, 0.6) is 0 Å². The van der Waals surface area contributed by atoms with Gasteiger partial charge in [0.1, 0.15) is 19.8 Å². The Hall–Kier alpha value is -3.37. The number of ether oxygens (including phenoxy) is 2. The van der Waals surface area contributed by atoms with Gasteiger partial charge in [-0.2, -0.15) is 0 Å². The van der Waals surface area contributed by atoms with E-state index in [0.29, 0.717) is 17.4 Å². The molecule has 0 aromatic heterocycles. The van der Waals surface area contributed by atoms with Gasteiger partial charge in [0, 0.05) is 12.8 Å². The normalized spacial score (nSPS) is 14.9. The quantitative estimate of drug-likeness (QED) is 0.0159. The highest BCUT2D eigenvalue weighted by atomic mass is 31.2. The lowest BCUT2D eigenvalue weighted by atomic mass is 10.1. The summed E-state index contributed by atoms with van der Waals surface area (Å²) in [6.07, 6.45) is 55.9. The van der Waals surface area contributed by atoms with Crippen molar-refractivity contribution in [2.24, 2.45) is 0 Å². The van der Waals surface area contributed by atoms with Crippen LogP contribution in [-0.2, 0) is 32.7 Å². The number of phosphoric acid groups is 1. The van der Waals surface area contributed by atoms with Crippen molar-refractivity contribution >= 4 is 19.8 Å². The van der Waals surface area contributed by atoms with E-state index in [2.05, 4.69) is 98.9 Å². The fourth-order valence-corrected chi connectivity index (χ4v) is 6.56. The third-order valence-corrected chi connectivity index (χ3v) is 10.6. The van der Waals surface area contributed by atoms with Crippen LogP contribution in [0.2, 0.25) is 0 Å². The molecule has 364 valence electrons. The number of phosphoric ester groups is 1. The molecule has 1 N–H and O–H groups in total. The number of hydrogen-bond donors (Lipinski definition) is 1. The van der Waals surface area contributed by atoms with Crippen molar-refractivity contribution in [1.29, 1.82) is 0 Å². The minimum atomic E-state index is -4.70. The Labute approximate surface area is 389 Å². The maximum Gasteiger partial charge on any atom is 0.306 e. The summed E-state index contributed by atoms with van der Waals surface area (Å²) in [6, 6.07) is 0. The molecule has 2 unspecified atom stereocenters. The minimum absolute atomic E-state index is 0.0759. The summed E-state index contributed by atoms with van der Waals surface area (Å²) in [6.45, 7) is 3.78. The number of likely N-dealkylation sites (N-methyl/N-ethyl adjacent to an activating group) is 1. The molecule has 0 bridgehead atoms. The van der Waals surface area contributed by atoms with Crippen LogP contribution in [0.1, 0.15) is 155 Å². The van der Waals surface area contributed by atoms with Gasteiger partial charge in [0.05, 0.1) is 33.9 Å². The van der Waals surface area contributed by atoms with E-state index >= 15 is 0 Å². The van der Waals surface area contributed by atoms with Crippen molar-refractivity contribution in [3.05, 3.63) is 109 Å². The van der Waals surface area contributed by atoms with E-state index in [9.17, 15) is 24.2 Å². The molecule has 0 amide bonds. The molecular formula is C53H88NO9P. The third kappa shape index (κ3) is 46.6. The SMILES string of the molecule is CC/C=C\C/C=C\C/C=C\C/C=C\C/C=C\C=C/C(O)CCC(=O)OC[C@H](COP(=O)([O-])OCC[N+](C)(C)C)OC(=O)CCCCCCCC/C=C\C/C=C\C/C=C\CCCCCC. The lowest BCUT2D eigenvalue weighted by Crippen LogP contribution is -2.37. The van der Waals surface area contributed by atoms with Crippen LogP contribution in [0.15, 0.2) is 109 Å². The van der Waals surface area contributed by atoms with Crippen LogP contribution in [0, 0.1) is 0 Å². The molecule has 64 heavy (non-hydrogen) atoms. The Morgan fingerprint density at radius 3 is 1.64 bits per heavy atom. The van der Waals surface area contributed by atoms with Gasteiger partial charge in [0.15, 0.2) is 6.10 Å². The Bertz CT molecular complexity index is 1470. The molecule has 0 aromatic rings. The molecule has 0 saturated carbocycles. The van der Waals surface area contributed by atoms with Crippen LogP contribution in [-0.4, -0.2) is 81.2 Å². The molecule has 0 aliphatic heterocycles. The number of allylic oxidation sites excluding steroid dienone is 17. The first-order valence-corrected chi connectivity index (χ1v) is 25.7. The summed E-state index contributed by atoms with van der Waals surface area (Å²) in [4.78, 5) is 37.7. The van der Waals surface area contributed by atoms with Crippen LogP contribution in [0.4, 0.5) is 0 Å². The average molecular weight is 914 g/mol. The fraction of sp³-hybridized carbons (Fsp3) is 0.623. The number of hydrogen-bond acceptors (Lipinski definition) is 9.